The van der Waals surface area contributed by atoms with E-state index in [0.717, 1.165) is 42.5 Å². The summed E-state index contributed by atoms with van der Waals surface area (Å²) in [6, 6.07) is 11.3. The Hall–Kier alpha value is -2.49. The Morgan fingerprint density at radius 3 is 2.58 bits per heavy atom. The van der Waals surface area contributed by atoms with Crippen molar-refractivity contribution in [1.82, 2.24) is 0 Å². The molecule has 2 aromatic carbocycles. The van der Waals surface area contributed by atoms with E-state index in [2.05, 4.69) is 4.90 Å². The topological polar surface area (TPSA) is 42.7 Å². The van der Waals surface area contributed by atoms with Gasteiger partial charge in [-0.25, -0.2) is 0 Å². The summed E-state index contributed by atoms with van der Waals surface area (Å²) in [5.41, 5.74) is 0.612. The number of fused-ring (bicyclic) bond motifs is 3. The number of rotatable bonds is 3. The molecule has 0 aliphatic carbocycles. The van der Waals surface area contributed by atoms with E-state index in [1.807, 2.05) is 37.3 Å². The molecule has 4 heteroatoms. The van der Waals surface area contributed by atoms with Gasteiger partial charge >= 0.3 is 0 Å². The Kier molecular flexibility index (Phi) is 3.89. The van der Waals surface area contributed by atoms with Gasteiger partial charge in [0.1, 0.15) is 11.3 Å². The predicted molar refractivity (Wildman–Crippen MR) is 97.2 cm³/mol. The van der Waals surface area contributed by atoms with E-state index in [-0.39, 0.29) is 5.43 Å². The van der Waals surface area contributed by atoms with E-state index in [4.69, 9.17) is 9.15 Å². The number of benzene rings is 2. The summed E-state index contributed by atoms with van der Waals surface area (Å²) in [6.07, 6.45) is 3.53. The fourth-order valence-corrected chi connectivity index (χ4v) is 3.52. The zero-order chi connectivity index (χ0) is 16.5. The Bertz CT molecular complexity index is 939. The minimum atomic E-state index is 0.0103. The van der Waals surface area contributed by atoms with Gasteiger partial charge in [-0.3, -0.25) is 4.79 Å². The molecule has 0 amide bonds. The molecule has 124 valence electrons. The Balaban J connectivity index is 1.96. The van der Waals surface area contributed by atoms with Crippen LogP contribution in [0.15, 0.2) is 45.6 Å². The van der Waals surface area contributed by atoms with Crippen molar-refractivity contribution < 1.29 is 9.15 Å². The molecule has 24 heavy (non-hydrogen) atoms. The first-order chi connectivity index (χ1) is 11.8. The molecule has 2 heterocycles. The van der Waals surface area contributed by atoms with Gasteiger partial charge < -0.3 is 14.1 Å². The fraction of sp³-hybridized carbons (Fsp3) is 0.350. The van der Waals surface area contributed by atoms with Gasteiger partial charge in [-0.15, -0.1) is 0 Å². The van der Waals surface area contributed by atoms with Crippen molar-refractivity contribution in [3.63, 3.8) is 0 Å². The van der Waals surface area contributed by atoms with Crippen molar-refractivity contribution in [2.75, 3.05) is 24.6 Å². The van der Waals surface area contributed by atoms with Crippen LogP contribution in [0.2, 0.25) is 0 Å². The lowest BCUT2D eigenvalue weighted by Crippen LogP contribution is -2.30. The molecule has 1 fully saturated rings. The number of hydrogen-bond acceptors (Lipinski definition) is 4. The lowest BCUT2D eigenvalue weighted by Gasteiger charge is -2.27. The summed E-state index contributed by atoms with van der Waals surface area (Å²) >= 11 is 0. The van der Waals surface area contributed by atoms with Gasteiger partial charge in [-0.1, -0.05) is 24.3 Å². The van der Waals surface area contributed by atoms with Crippen molar-refractivity contribution in [3.05, 3.63) is 46.6 Å². The summed E-state index contributed by atoms with van der Waals surface area (Å²) in [7, 11) is 0. The molecule has 0 N–H and O–H groups in total. The molecule has 4 rings (SSSR count). The van der Waals surface area contributed by atoms with E-state index >= 15 is 0 Å². The Morgan fingerprint density at radius 1 is 1.08 bits per heavy atom. The van der Waals surface area contributed by atoms with Crippen molar-refractivity contribution in [1.29, 1.82) is 0 Å². The molecular weight excluding hydrogens is 302 g/mol. The van der Waals surface area contributed by atoms with Gasteiger partial charge in [0, 0.05) is 36.0 Å². The summed E-state index contributed by atoms with van der Waals surface area (Å²) in [6.45, 7) is 4.42. The van der Waals surface area contributed by atoms with E-state index in [0.29, 0.717) is 23.5 Å². The smallest absolute Gasteiger partial charge is 0.199 e. The van der Waals surface area contributed by atoms with Crippen molar-refractivity contribution in [2.45, 2.75) is 26.2 Å². The maximum Gasteiger partial charge on any atom is 0.199 e. The highest BCUT2D eigenvalue weighted by atomic mass is 16.5. The van der Waals surface area contributed by atoms with E-state index < -0.39 is 0 Å². The molecular formula is C20H21NO3. The molecule has 3 aromatic rings. The first-order valence-corrected chi connectivity index (χ1v) is 8.65. The zero-order valence-electron chi connectivity index (χ0n) is 13.9. The van der Waals surface area contributed by atoms with Crippen LogP contribution in [0.5, 0.6) is 5.75 Å². The molecule has 0 radical (unpaired) electrons. The zero-order valence-corrected chi connectivity index (χ0v) is 13.9. The highest BCUT2D eigenvalue weighted by molar-refractivity contribution is 6.08. The first kappa shape index (κ1) is 15.1. The normalized spacial score (nSPS) is 15.1. The first-order valence-electron chi connectivity index (χ1n) is 8.65. The van der Waals surface area contributed by atoms with E-state index in [1.54, 1.807) is 6.07 Å². The third kappa shape index (κ3) is 2.52. The van der Waals surface area contributed by atoms with Gasteiger partial charge in [0.25, 0.3) is 0 Å². The largest absolute Gasteiger partial charge is 0.493 e. The number of nitrogens with zero attached hydrogens (tertiary/aromatic N) is 1. The second-order valence-corrected chi connectivity index (χ2v) is 6.22. The Labute approximate surface area is 140 Å². The van der Waals surface area contributed by atoms with Crippen LogP contribution in [-0.4, -0.2) is 19.7 Å². The summed E-state index contributed by atoms with van der Waals surface area (Å²) in [5, 5.41) is 2.47. The van der Waals surface area contributed by atoms with Crippen LogP contribution in [0.3, 0.4) is 0 Å². The van der Waals surface area contributed by atoms with Gasteiger partial charge in [0.15, 0.2) is 11.3 Å². The van der Waals surface area contributed by atoms with Crippen LogP contribution >= 0.6 is 0 Å². The van der Waals surface area contributed by atoms with Crippen LogP contribution in [-0.2, 0) is 0 Å². The number of piperidine rings is 1. The van der Waals surface area contributed by atoms with Gasteiger partial charge in [0.2, 0.25) is 0 Å². The maximum absolute atomic E-state index is 12.8. The highest BCUT2D eigenvalue weighted by Gasteiger charge is 2.17. The van der Waals surface area contributed by atoms with Crippen LogP contribution < -0.4 is 15.1 Å². The third-order valence-electron chi connectivity index (χ3n) is 4.65. The van der Waals surface area contributed by atoms with Gasteiger partial charge in [0.05, 0.1) is 12.0 Å². The van der Waals surface area contributed by atoms with Crippen molar-refractivity contribution in [2.24, 2.45) is 0 Å². The lowest BCUT2D eigenvalue weighted by atomic mass is 10.0. The second-order valence-electron chi connectivity index (χ2n) is 6.22. The molecule has 1 aliphatic rings. The van der Waals surface area contributed by atoms with Crippen molar-refractivity contribution >= 4 is 27.6 Å². The summed E-state index contributed by atoms with van der Waals surface area (Å²) in [5.74, 6) is 1.43. The highest BCUT2D eigenvalue weighted by Crippen LogP contribution is 2.33. The average Bonchev–Trinajstić information content (AvgIpc) is 2.62. The van der Waals surface area contributed by atoms with Gasteiger partial charge in [-0.2, -0.15) is 0 Å². The lowest BCUT2D eigenvalue weighted by molar-refractivity contribution is 0.344. The number of ether oxygens (including phenoxy) is 1. The molecule has 1 saturated heterocycles. The SMILES string of the molecule is CCOc1cc2oc(N3CCCCC3)cc(=O)c2c2ccccc12. The summed E-state index contributed by atoms with van der Waals surface area (Å²) < 4.78 is 11.9. The molecule has 0 atom stereocenters. The Morgan fingerprint density at radius 2 is 1.83 bits per heavy atom. The minimum absolute atomic E-state index is 0.0103. The molecule has 4 nitrogen and oxygen atoms in total. The minimum Gasteiger partial charge on any atom is -0.493 e. The second kappa shape index (κ2) is 6.19. The molecule has 0 saturated carbocycles. The molecule has 0 bridgehead atoms. The number of hydrogen-bond donors (Lipinski definition) is 0. The molecule has 1 aliphatic heterocycles. The number of anilines is 1. The summed E-state index contributed by atoms with van der Waals surface area (Å²) in [4.78, 5) is 15.0. The van der Waals surface area contributed by atoms with E-state index in [9.17, 15) is 4.79 Å². The van der Waals surface area contributed by atoms with Crippen molar-refractivity contribution in [3.8, 4) is 5.75 Å². The predicted octanol–water partition coefficient (Wildman–Crippen LogP) is 4.34. The van der Waals surface area contributed by atoms with Crippen LogP contribution in [0.25, 0.3) is 21.7 Å². The monoisotopic (exact) mass is 323 g/mol. The van der Waals surface area contributed by atoms with Crippen LogP contribution in [0.1, 0.15) is 26.2 Å². The van der Waals surface area contributed by atoms with Gasteiger partial charge in [-0.05, 0) is 26.2 Å². The van der Waals surface area contributed by atoms with Crippen LogP contribution in [0.4, 0.5) is 5.88 Å². The quantitative estimate of drug-likeness (QED) is 0.673. The maximum atomic E-state index is 12.8. The molecule has 0 unspecified atom stereocenters. The standard InChI is InChI=1S/C20H21NO3/c1-2-23-17-13-18-20(15-9-5-4-8-14(15)17)16(22)12-19(24-18)21-10-6-3-7-11-21/h4-5,8-9,12-13H,2-3,6-7,10-11H2,1H3. The van der Waals surface area contributed by atoms with E-state index in [1.165, 1.54) is 6.42 Å². The van der Waals surface area contributed by atoms with Crippen LogP contribution in [0, 0.1) is 0 Å². The fourth-order valence-electron chi connectivity index (χ4n) is 3.52. The molecule has 1 aromatic heterocycles. The average molecular weight is 323 g/mol. The third-order valence-corrected chi connectivity index (χ3v) is 4.65. The molecule has 0 spiro atoms.